The summed E-state index contributed by atoms with van der Waals surface area (Å²) in [6.45, 7) is 1.03. The Labute approximate surface area is 97.8 Å². The number of ether oxygens (including phenoxy) is 1. The van der Waals surface area contributed by atoms with Crippen LogP contribution in [0.25, 0.3) is 0 Å². The van der Waals surface area contributed by atoms with Gasteiger partial charge in [-0.3, -0.25) is 0 Å². The van der Waals surface area contributed by atoms with Crippen molar-refractivity contribution in [2.75, 3.05) is 23.9 Å². The monoisotopic (exact) mass is 271 g/mol. The molecule has 1 aliphatic rings. The number of hydrogen-bond acceptors (Lipinski definition) is 4. The third-order valence-corrected chi connectivity index (χ3v) is 3.39. The molecule has 1 fully saturated rings. The zero-order valence-corrected chi connectivity index (χ0v) is 10.3. The molecular formula is C10H14BrN3O. The number of nitrogens with zero attached hydrogens (tertiary/aromatic N) is 3. The van der Waals surface area contributed by atoms with E-state index in [0.717, 1.165) is 17.8 Å². The summed E-state index contributed by atoms with van der Waals surface area (Å²) in [7, 11) is 1.62. The average molecular weight is 272 g/mol. The first-order chi connectivity index (χ1) is 7.35. The SMILES string of the molecule is COc1ccnc(N2CCCC2CBr)n1. The molecular weight excluding hydrogens is 258 g/mol. The molecule has 2 rings (SSSR count). The third-order valence-electron chi connectivity index (χ3n) is 2.64. The molecule has 0 radical (unpaired) electrons. The Bertz CT molecular complexity index is 334. The van der Waals surface area contributed by atoms with E-state index in [1.54, 1.807) is 19.4 Å². The van der Waals surface area contributed by atoms with Crippen LogP contribution in [0.15, 0.2) is 12.3 Å². The largest absolute Gasteiger partial charge is 0.481 e. The average Bonchev–Trinajstić information content (AvgIpc) is 2.77. The minimum absolute atomic E-state index is 0.511. The minimum Gasteiger partial charge on any atom is -0.481 e. The van der Waals surface area contributed by atoms with E-state index in [9.17, 15) is 0 Å². The maximum absolute atomic E-state index is 5.09. The highest BCUT2D eigenvalue weighted by atomic mass is 79.9. The molecule has 0 aliphatic carbocycles. The molecule has 5 heteroatoms. The normalized spacial score (nSPS) is 20.7. The van der Waals surface area contributed by atoms with Crippen molar-refractivity contribution in [3.63, 3.8) is 0 Å². The summed E-state index contributed by atoms with van der Waals surface area (Å²) >= 11 is 3.52. The Morgan fingerprint density at radius 1 is 1.67 bits per heavy atom. The van der Waals surface area contributed by atoms with E-state index in [2.05, 4.69) is 30.8 Å². The van der Waals surface area contributed by atoms with Gasteiger partial charge in [-0.25, -0.2) is 4.98 Å². The molecule has 2 heterocycles. The molecule has 1 unspecified atom stereocenters. The van der Waals surface area contributed by atoms with E-state index in [0.29, 0.717) is 11.9 Å². The number of alkyl halides is 1. The van der Waals surface area contributed by atoms with Crippen molar-refractivity contribution in [3.05, 3.63) is 12.3 Å². The predicted octanol–water partition coefficient (Wildman–Crippen LogP) is 1.85. The fourth-order valence-electron chi connectivity index (χ4n) is 1.84. The van der Waals surface area contributed by atoms with Gasteiger partial charge in [-0.15, -0.1) is 0 Å². The van der Waals surface area contributed by atoms with Gasteiger partial charge in [0.2, 0.25) is 11.8 Å². The molecule has 0 N–H and O–H groups in total. The van der Waals surface area contributed by atoms with Crippen LogP contribution < -0.4 is 9.64 Å². The Morgan fingerprint density at radius 3 is 3.27 bits per heavy atom. The minimum atomic E-state index is 0.511. The van der Waals surface area contributed by atoms with Crippen molar-refractivity contribution in [1.82, 2.24) is 9.97 Å². The van der Waals surface area contributed by atoms with Crippen LogP contribution in [-0.2, 0) is 0 Å². The molecule has 1 aromatic rings. The van der Waals surface area contributed by atoms with Crippen molar-refractivity contribution >= 4 is 21.9 Å². The molecule has 0 bridgehead atoms. The van der Waals surface area contributed by atoms with Crippen molar-refractivity contribution in [2.24, 2.45) is 0 Å². The highest BCUT2D eigenvalue weighted by Crippen LogP contribution is 2.24. The molecule has 0 saturated carbocycles. The Hall–Kier alpha value is -0.840. The fourth-order valence-corrected chi connectivity index (χ4v) is 2.52. The van der Waals surface area contributed by atoms with Crippen LogP contribution in [0.1, 0.15) is 12.8 Å². The van der Waals surface area contributed by atoms with Crippen LogP contribution in [0.5, 0.6) is 5.88 Å². The van der Waals surface area contributed by atoms with Gasteiger partial charge >= 0.3 is 0 Å². The number of hydrogen-bond donors (Lipinski definition) is 0. The standard InChI is InChI=1S/C10H14BrN3O/c1-15-9-4-5-12-10(13-9)14-6-2-3-8(14)7-11/h4-5,8H,2-3,6-7H2,1H3. The van der Waals surface area contributed by atoms with Crippen LogP contribution in [0.2, 0.25) is 0 Å². The molecule has 82 valence electrons. The number of methoxy groups -OCH3 is 1. The second-order valence-electron chi connectivity index (χ2n) is 3.54. The second kappa shape index (κ2) is 4.79. The van der Waals surface area contributed by atoms with E-state index in [-0.39, 0.29) is 0 Å². The lowest BCUT2D eigenvalue weighted by molar-refractivity contribution is 0.396. The quantitative estimate of drug-likeness (QED) is 0.787. The zero-order chi connectivity index (χ0) is 10.7. The van der Waals surface area contributed by atoms with E-state index in [4.69, 9.17) is 4.74 Å². The van der Waals surface area contributed by atoms with Crippen LogP contribution in [0.3, 0.4) is 0 Å². The van der Waals surface area contributed by atoms with Gasteiger partial charge in [0.25, 0.3) is 0 Å². The Kier molecular flexibility index (Phi) is 3.41. The van der Waals surface area contributed by atoms with Crippen LogP contribution in [0, 0.1) is 0 Å². The molecule has 1 saturated heterocycles. The molecule has 0 spiro atoms. The number of rotatable bonds is 3. The summed E-state index contributed by atoms with van der Waals surface area (Å²) < 4.78 is 5.09. The molecule has 1 aromatic heterocycles. The van der Waals surface area contributed by atoms with Gasteiger partial charge in [0.1, 0.15) is 0 Å². The van der Waals surface area contributed by atoms with Gasteiger partial charge in [-0.05, 0) is 12.8 Å². The first-order valence-corrected chi connectivity index (χ1v) is 6.17. The molecule has 0 aromatic carbocycles. The van der Waals surface area contributed by atoms with Gasteiger partial charge in [0, 0.05) is 30.2 Å². The highest BCUT2D eigenvalue weighted by Gasteiger charge is 2.25. The summed E-state index contributed by atoms with van der Waals surface area (Å²) in [5.41, 5.74) is 0. The summed E-state index contributed by atoms with van der Waals surface area (Å²) in [4.78, 5) is 10.9. The first kappa shape index (κ1) is 10.7. The summed E-state index contributed by atoms with van der Waals surface area (Å²) in [6, 6.07) is 2.28. The fraction of sp³-hybridized carbons (Fsp3) is 0.600. The molecule has 0 amide bonds. The van der Waals surface area contributed by atoms with Crippen molar-refractivity contribution in [2.45, 2.75) is 18.9 Å². The molecule has 1 atom stereocenters. The van der Waals surface area contributed by atoms with Crippen LogP contribution in [-0.4, -0.2) is 35.0 Å². The van der Waals surface area contributed by atoms with E-state index < -0.39 is 0 Å². The maximum atomic E-state index is 5.09. The topological polar surface area (TPSA) is 38.2 Å². The Balaban J connectivity index is 2.20. The summed E-state index contributed by atoms with van der Waals surface area (Å²) in [6.07, 6.45) is 4.15. The van der Waals surface area contributed by atoms with E-state index in [1.165, 1.54) is 12.8 Å². The van der Waals surface area contributed by atoms with Crippen molar-refractivity contribution < 1.29 is 4.74 Å². The maximum Gasteiger partial charge on any atom is 0.228 e. The van der Waals surface area contributed by atoms with E-state index in [1.807, 2.05) is 0 Å². The lowest BCUT2D eigenvalue weighted by Gasteiger charge is -2.22. The van der Waals surface area contributed by atoms with Gasteiger partial charge in [0.15, 0.2) is 0 Å². The predicted molar refractivity (Wildman–Crippen MR) is 62.7 cm³/mol. The second-order valence-corrected chi connectivity index (χ2v) is 4.19. The summed E-state index contributed by atoms with van der Waals surface area (Å²) in [5.74, 6) is 1.40. The zero-order valence-electron chi connectivity index (χ0n) is 8.69. The van der Waals surface area contributed by atoms with Gasteiger partial charge in [0.05, 0.1) is 7.11 Å². The van der Waals surface area contributed by atoms with E-state index >= 15 is 0 Å². The van der Waals surface area contributed by atoms with Gasteiger partial charge in [-0.1, -0.05) is 15.9 Å². The number of aromatic nitrogens is 2. The number of halogens is 1. The molecule has 15 heavy (non-hydrogen) atoms. The van der Waals surface area contributed by atoms with Gasteiger partial charge in [-0.2, -0.15) is 4.98 Å². The van der Waals surface area contributed by atoms with Crippen LogP contribution in [0.4, 0.5) is 5.95 Å². The van der Waals surface area contributed by atoms with Crippen LogP contribution >= 0.6 is 15.9 Å². The Morgan fingerprint density at radius 2 is 2.53 bits per heavy atom. The smallest absolute Gasteiger partial charge is 0.228 e. The number of anilines is 1. The first-order valence-electron chi connectivity index (χ1n) is 5.05. The lowest BCUT2D eigenvalue weighted by atomic mass is 10.2. The summed E-state index contributed by atoms with van der Waals surface area (Å²) in [5, 5.41) is 0.966. The lowest BCUT2D eigenvalue weighted by Crippen LogP contribution is -2.31. The molecule has 4 nitrogen and oxygen atoms in total. The van der Waals surface area contributed by atoms with Crippen molar-refractivity contribution in [1.29, 1.82) is 0 Å². The third kappa shape index (κ3) is 2.22. The molecule has 1 aliphatic heterocycles. The van der Waals surface area contributed by atoms with Gasteiger partial charge < -0.3 is 9.64 Å². The van der Waals surface area contributed by atoms with Crippen molar-refractivity contribution in [3.8, 4) is 5.88 Å². The highest BCUT2D eigenvalue weighted by molar-refractivity contribution is 9.09.